The van der Waals surface area contributed by atoms with Gasteiger partial charge in [-0.3, -0.25) is 4.55 Å². The van der Waals surface area contributed by atoms with E-state index >= 15 is 0 Å². The molecule has 2 aliphatic rings. The molecule has 6 rings (SSSR count). The van der Waals surface area contributed by atoms with Crippen LogP contribution in [0.2, 0.25) is 0 Å². The van der Waals surface area contributed by atoms with Crippen molar-refractivity contribution in [3.8, 4) is 23.0 Å². The third-order valence-electron chi connectivity index (χ3n) is 7.09. The van der Waals surface area contributed by atoms with E-state index in [0.29, 0.717) is 29.4 Å². The maximum atomic E-state index is 12.3. The molecule has 0 saturated carbocycles. The molecule has 2 heterocycles. The maximum Gasteiger partial charge on any atom is 0.265 e. The minimum Gasteiger partial charge on any atom is -0.453 e. The molecule has 0 fully saturated rings. The highest BCUT2D eigenvalue weighted by Gasteiger charge is 2.49. The summed E-state index contributed by atoms with van der Waals surface area (Å²) in [6, 6.07) is 28.9. The van der Waals surface area contributed by atoms with E-state index in [9.17, 15) is 13.0 Å². The van der Waals surface area contributed by atoms with Gasteiger partial charge in [0.1, 0.15) is 11.4 Å². The van der Waals surface area contributed by atoms with E-state index in [2.05, 4.69) is 25.7 Å². The first-order chi connectivity index (χ1) is 18.3. The normalized spacial score (nSPS) is 15.2. The van der Waals surface area contributed by atoms with Crippen molar-refractivity contribution >= 4 is 48.8 Å². The topological polar surface area (TPSA) is 79.3 Å². The van der Waals surface area contributed by atoms with Crippen molar-refractivity contribution < 1.29 is 22.4 Å². The monoisotopic (exact) mass is 592 g/mol. The van der Waals surface area contributed by atoms with E-state index in [1.165, 1.54) is 0 Å². The van der Waals surface area contributed by atoms with Crippen LogP contribution in [0, 0.1) is 0 Å². The predicted octanol–water partition coefficient (Wildman–Crippen LogP) is 8.02. The number of ether oxygens (including phenoxy) is 2. The second kappa shape index (κ2) is 9.34. The van der Waals surface area contributed by atoms with E-state index in [4.69, 9.17) is 9.47 Å². The summed E-state index contributed by atoms with van der Waals surface area (Å²) >= 11 is 3.74. The van der Waals surface area contributed by atoms with Gasteiger partial charge in [-0.15, -0.1) is 0 Å². The van der Waals surface area contributed by atoms with Gasteiger partial charge in [0.2, 0.25) is 0 Å². The van der Waals surface area contributed by atoms with Crippen molar-refractivity contribution in [1.82, 2.24) is 0 Å². The van der Waals surface area contributed by atoms with Crippen molar-refractivity contribution in [2.45, 2.75) is 25.4 Å². The zero-order valence-electron chi connectivity index (χ0n) is 20.5. The third kappa shape index (κ3) is 4.02. The summed E-state index contributed by atoms with van der Waals surface area (Å²) in [5.41, 5.74) is 2.13. The molecule has 0 saturated heterocycles. The lowest BCUT2D eigenvalue weighted by atomic mass is 9.92. The molecular formula is C29H25BrN2O5S. The van der Waals surface area contributed by atoms with Gasteiger partial charge in [0.25, 0.3) is 10.1 Å². The summed E-state index contributed by atoms with van der Waals surface area (Å²) in [5, 5.41) is 0. The Morgan fingerprint density at radius 1 is 0.737 bits per heavy atom. The van der Waals surface area contributed by atoms with E-state index in [0.717, 1.165) is 27.2 Å². The Labute approximate surface area is 230 Å². The average Bonchev–Trinajstić information content (AvgIpc) is 2.92. The number of benzene rings is 4. The first-order valence-electron chi connectivity index (χ1n) is 12.3. The van der Waals surface area contributed by atoms with Crippen LogP contribution in [0.4, 0.5) is 22.7 Å². The highest BCUT2D eigenvalue weighted by atomic mass is 79.9. The molecule has 7 nitrogen and oxygen atoms in total. The number of rotatable bonds is 6. The summed E-state index contributed by atoms with van der Waals surface area (Å²) in [6.45, 7) is 2.03. The summed E-state index contributed by atoms with van der Waals surface area (Å²) in [5.74, 6) is 2.16. The van der Waals surface area contributed by atoms with Crippen LogP contribution in [0.3, 0.4) is 0 Å². The molecule has 0 aliphatic carbocycles. The largest absolute Gasteiger partial charge is 0.453 e. The molecule has 0 bridgehead atoms. The fourth-order valence-corrected chi connectivity index (χ4v) is 6.57. The highest BCUT2D eigenvalue weighted by molar-refractivity contribution is 9.10. The minimum atomic E-state index is -4.29. The van der Waals surface area contributed by atoms with Crippen molar-refractivity contribution in [3.05, 3.63) is 95.5 Å². The standard InChI is InChI=1S/C29H25BrN2O5S/c1-2-29(18-19-38(33,34)35,31-21-11-3-6-14-24(21)36-25-15-7-4-12-22(25)31)32-23-13-5-8-16-26(23)37-27-17-9-10-20(30)28(27)32/h3-17H,2,18-19H2,1H3,(H,33,34,35). The Balaban J connectivity index is 1.70. The van der Waals surface area contributed by atoms with Gasteiger partial charge in [-0.2, -0.15) is 8.42 Å². The number of hydrogen-bond acceptors (Lipinski definition) is 6. The average molecular weight is 593 g/mol. The summed E-state index contributed by atoms with van der Waals surface area (Å²) in [4.78, 5) is 4.30. The van der Waals surface area contributed by atoms with Crippen LogP contribution >= 0.6 is 15.9 Å². The SMILES string of the molecule is CCC(CCS(=O)(=O)O)(N1c2ccccc2Oc2ccccc21)N1c2ccccc2Oc2cccc(Br)c21. The molecule has 2 aliphatic heterocycles. The number of hydrogen-bond donors (Lipinski definition) is 1. The predicted molar refractivity (Wildman–Crippen MR) is 152 cm³/mol. The lowest BCUT2D eigenvalue weighted by molar-refractivity contribution is 0.358. The summed E-state index contributed by atoms with van der Waals surface area (Å²) < 4.78 is 47.9. The third-order valence-corrected chi connectivity index (χ3v) is 8.45. The molecule has 4 aromatic rings. The quantitative estimate of drug-likeness (QED) is 0.227. The number of anilines is 4. The lowest BCUT2D eigenvalue weighted by Gasteiger charge is -2.55. The maximum absolute atomic E-state index is 12.3. The van der Waals surface area contributed by atoms with Gasteiger partial charge in [0, 0.05) is 10.9 Å². The zero-order chi connectivity index (χ0) is 26.5. The summed E-state index contributed by atoms with van der Waals surface area (Å²) in [6.07, 6.45) is 0.570. The van der Waals surface area contributed by atoms with Crippen LogP contribution in [0.5, 0.6) is 23.0 Å². The van der Waals surface area contributed by atoms with Gasteiger partial charge in [-0.1, -0.05) is 49.4 Å². The Kier molecular flexibility index (Phi) is 6.09. The molecule has 0 amide bonds. The van der Waals surface area contributed by atoms with Crippen molar-refractivity contribution in [2.24, 2.45) is 0 Å². The van der Waals surface area contributed by atoms with Crippen molar-refractivity contribution in [2.75, 3.05) is 15.6 Å². The molecule has 0 radical (unpaired) electrons. The van der Waals surface area contributed by atoms with Gasteiger partial charge in [0.15, 0.2) is 23.0 Å². The number of fused-ring (bicyclic) bond motifs is 4. The molecule has 1 unspecified atom stereocenters. The Bertz CT molecular complexity index is 1600. The first kappa shape index (κ1) is 24.8. The van der Waals surface area contributed by atoms with Gasteiger partial charge in [-0.05, 0) is 70.9 Å². The smallest absolute Gasteiger partial charge is 0.265 e. The van der Waals surface area contributed by atoms with E-state index in [-0.39, 0.29) is 6.42 Å². The first-order valence-corrected chi connectivity index (χ1v) is 14.7. The van der Waals surface area contributed by atoms with Gasteiger partial charge >= 0.3 is 0 Å². The fraction of sp³-hybridized carbons (Fsp3) is 0.172. The van der Waals surface area contributed by atoms with Crippen LogP contribution in [-0.2, 0) is 10.1 Å². The molecule has 9 heteroatoms. The van der Waals surface area contributed by atoms with Crippen molar-refractivity contribution in [3.63, 3.8) is 0 Å². The van der Waals surface area contributed by atoms with E-state index in [1.54, 1.807) is 0 Å². The molecule has 1 atom stereocenters. The second-order valence-electron chi connectivity index (χ2n) is 9.24. The van der Waals surface area contributed by atoms with Gasteiger partial charge < -0.3 is 19.3 Å². The minimum absolute atomic E-state index is 0.0834. The van der Waals surface area contributed by atoms with Crippen LogP contribution in [-0.4, -0.2) is 24.4 Å². The van der Waals surface area contributed by atoms with E-state index in [1.807, 2.05) is 97.9 Å². The Morgan fingerprint density at radius 3 is 1.74 bits per heavy atom. The molecule has 4 aromatic carbocycles. The second-order valence-corrected chi connectivity index (χ2v) is 11.7. The Hall–Kier alpha value is -3.53. The summed E-state index contributed by atoms with van der Waals surface area (Å²) in [7, 11) is -4.29. The fourth-order valence-electron chi connectivity index (χ4n) is 5.46. The van der Waals surface area contributed by atoms with E-state index < -0.39 is 21.5 Å². The van der Waals surface area contributed by atoms with Gasteiger partial charge in [0.05, 0.1) is 22.8 Å². The highest BCUT2D eigenvalue weighted by Crippen LogP contribution is 2.59. The van der Waals surface area contributed by atoms with Gasteiger partial charge in [-0.25, -0.2) is 0 Å². The molecular weight excluding hydrogens is 568 g/mol. The van der Waals surface area contributed by atoms with Crippen LogP contribution < -0.4 is 19.3 Å². The molecule has 1 N–H and O–H groups in total. The molecule has 0 aromatic heterocycles. The van der Waals surface area contributed by atoms with Crippen LogP contribution in [0.25, 0.3) is 0 Å². The zero-order valence-corrected chi connectivity index (χ0v) is 22.9. The number of para-hydroxylation sites is 7. The number of halogens is 1. The Morgan fingerprint density at radius 2 is 1.21 bits per heavy atom. The molecule has 194 valence electrons. The lowest BCUT2D eigenvalue weighted by Crippen LogP contribution is -2.59. The molecule has 38 heavy (non-hydrogen) atoms. The number of nitrogens with zero attached hydrogens (tertiary/aromatic N) is 2. The van der Waals surface area contributed by atoms with Crippen LogP contribution in [0.15, 0.2) is 95.5 Å². The van der Waals surface area contributed by atoms with Crippen LogP contribution in [0.1, 0.15) is 19.8 Å². The van der Waals surface area contributed by atoms with Crippen molar-refractivity contribution in [1.29, 1.82) is 0 Å². The molecule has 0 spiro atoms.